The number of hydrogen-bond donors (Lipinski definition) is 3. The van der Waals surface area contributed by atoms with Crippen LogP contribution < -0.4 is 0 Å². The van der Waals surface area contributed by atoms with E-state index >= 15 is 0 Å². The Labute approximate surface area is 40.4 Å². The molecule has 44 valence electrons. The van der Waals surface area contributed by atoms with Crippen molar-refractivity contribution < 1.29 is 19.6 Å². The first-order valence-corrected chi connectivity index (χ1v) is 2.99. The second-order valence-electron chi connectivity index (χ2n) is 1.00. The van der Waals surface area contributed by atoms with Gasteiger partial charge < -0.3 is 15.0 Å². The van der Waals surface area contributed by atoms with Gasteiger partial charge in [-0.2, -0.15) is 0 Å². The Kier molecular flexibility index (Phi) is 1.92. The standard InChI is InChI=1S/CH6NO4P/c1-2(3)7(4,5)6/h3H,1H3,(H2,4,5,6). The summed E-state index contributed by atoms with van der Waals surface area (Å²) in [4.78, 5) is 15.6. The van der Waals surface area contributed by atoms with Crippen molar-refractivity contribution in [2.24, 2.45) is 0 Å². The van der Waals surface area contributed by atoms with Crippen LogP contribution in [0.25, 0.3) is 0 Å². The number of rotatable bonds is 1. The molecule has 0 unspecified atom stereocenters. The molecule has 0 atom stereocenters. The third kappa shape index (κ3) is 2.73. The Hall–Kier alpha value is 0.0700. The maximum Gasteiger partial charge on any atom is 0.425 e. The van der Waals surface area contributed by atoms with Gasteiger partial charge in [-0.1, -0.05) is 4.83 Å². The molecule has 0 aliphatic heterocycles. The molecule has 7 heavy (non-hydrogen) atoms. The lowest BCUT2D eigenvalue weighted by Gasteiger charge is -2.07. The van der Waals surface area contributed by atoms with E-state index < -0.39 is 7.75 Å². The van der Waals surface area contributed by atoms with Crippen LogP contribution in [0, 0.1) is 0 Å². The van der Waals surface area contributed by atoms with E-state index in [2.05, 4.69) is 0 Å². The summed E-state index contributed by atoms with van der Waals surface area (Å²) in [5, 5.41) is 7.96. The van der Waals surface area contributed by atoms with Gasteiger partial charge in [0, 0.05) is 7.05 Å². The van der Waals surface area contributed by atoms with Crippen molar-refractivity contribution in [2.45, 2.75) is 0 Å². The van der Waals surface area contributed by atoms with Crippen LogP contribution in [-0.2, 0) is 4.57 Å². The lowest BCUT2D eigenvalue weighted by atomic mass is 11.6. The zero-order valence-electron chi connectivity index (χ0n) is 3.64. The Morgan fingerprint density at radius 3 is 1.71 bits per heavy atom. The van der Waals surface area contributed by atoms with E-state index in [-0.39, 0.29) is 4.83 Å². The molecular formula is CH6NO4P. The molecule has 0 aromatic rings. The van der Waals surface area contributed by atoms with Gasteiger partial charge in [-0.25, -0.2) is 4.57 Å². The van der Waals surface area contributed by atoms with Crippen molar-refractivity contribution in [3.8, 4) is 0 Å². The van der Waals surface area contributed by atoms with Gasteiger partial charge in [0.05, 0.1) is 0 Å². The van der Waals surface area contributed by atoms with E-state index in [9.17, 15) is 4.57 Å². The topological polar surface area (TPSA) is 81.0 Å². The van der Waals surface area contributed by atoms with Gasteiger partial charge in [-0.3, -0.25) is 0 Å². The highest BCUT2D eigenvalue weighted by atomic mass is 31.2. The molecule has 0 radical (unpaired) electrons. The van der Waals surface area contributed by atoms with Gasteiger partial charge in [-0.05, 0) is 0 Å². The second kappa shape index (κ2) is 1.90. The van der Waals surface area contributed by atoms with Crippen LogP contribution in [0.1, 0.15) is 0 Å². The molecule has 5 nitrogen and oxygen atoms in total. The zero-order valence-corrected chi connectivity index (χ0v) is 4.54. The van der Waals surface area contributed by atoms with Crippen molar-refractivity contribution in [1.82, 2.24) is 4.83 Å². The summed E-state index contributed by atoms with van der Waals surface area (Å²) < 4.78 is 9.70. The van der Waals surface area contributed by atoms with Gasteiger partial charge in [0.25, 0.3) is 0 Å². The maximum atomic E-state index is 9.70. The highest BCUT2D eigenvalue weighted by Crippen LogP contribution is 2.35. The summed E-state index contributed by atoms with van der Waals surface area (Å²) in [5.74, 6) is 0. The first-order chi connectivity index (χ1) is 2.94. The summed E-state index contributed by atoms with van der Waals surface area (Å²) >= 11 is 0. The first-order valence-electron chi connectivity index (χ1n) is 1.43. The molecule has 3 N–H and O–H groups in total. The SMILES string of the molecule is CN(O)P(=O)(O)O. The molecule has 0 saturated carbocycles. The zero-order chi connectivity index (χ0) is 6.08. The highest BCUT2D eigenvalue weighted by molar-refractivity contribution is 7.48. The summed E-state index contributed by atoms with van der Waals surface area (Å²) in [6.07, 6.45) is 0. The molecule has 0 heterocycles. The van der Waals surface area contributed by atoms with Gasteiger partial charge in [0.15, 0.2) is 0 Å². The molecule has 0 aliphatic rings. The minimum Gasteiger partial charge on any atom is -0.311 e. The highest BCUT2D eigenvalue weighted by Gasteiger charge is 2.17. The van der Waals surface area contributed by atoms with Crippen LogP contribution in [0.15, 0.2) is 0 Å². The van der Waals surface area contributed by atoms with Gasteiger partial charge in [0.2, 0.25) is 0 Å². The molecule has 0 bridgehead atoms. The van der Waals surface area contributed by atoms with Crippen molar-refractivity contribution in [3.05, 3.63) is 0 Å². The third-order valence-corrected chi connectivity index (χ3v) is 1.13. The third-order valence-electron chi connectivity index (χ3n) is 0.377. The summed E-state index contributed by atoms with van der Waals surface area (Å²) in [6, 6.07) is 0. The molecule has 0 amide bonds. The van der Waals surface area contributed by atoms with E-state index in [1.165, 1.54) is 0 Å². The fraction of sp³-hybridized carbons (Fsp3) is 1.00. The molecular weight excluding hydrogens is 121 g/mol. The van der Waals surface area contributed by atoms with Gasteiger partial charge >= 0.3 is 7.75 Å². The quantitative estimate of drug-likeness (QED) is 0.323. The maximum absolute atomic E-state index is 9.70. The minimum absolute atomic E-state index is 0.146. The van der Waals surface area contributed by atoms with E-state index in [0.29, 0.717) is 0 Å². The predicted molar refractivity (Wildman–Crippen MR) is 21.6 cm³/mol. The van der Waals surface area contributed by atoms with Crippen molar-refractivity contribution in [2.75, 3.05) is 7.05 Å². The van der Waals surface area contributed by atoms with Crippen LogP contribution in [0.3, 0.4) is 0 Å². The Morgan fingerprint density at radius 1 is 1.57 bits per heavy atom. The number of nitrogens with zero attached hydrogens (tertiary/aromatic N) is 1. The lowest BCUT2D eigenvalue weighted by Crippen LogP contribution is -2.06. The van der Waals surface area contributed by atoms with Crippen molar-refractivity contribution in [3.63, 3.8) is 0 Å². The summed E-state index contributed by atoms with van der Waals surface area (Å²) in [6.45, 7) is 0. The van der Waals surface area contributed by atoms with Gasteiger partial charge in [0.1, 0.15) is 0 Å². The average Bonchev–Trinajstić information content (AvgIpc) is 1.31. The van der Waals surface area contributed by atoms with Gasteiger partial charge in [-0.15, -0.1) is 0 Å². The van der Waals surface area contributed by atoms with E-state index in [4.69, 9.17) is 15.0 Å². The van der Waals surface area contributed by atoms with Crippen LogP contribution in [-0.4, -0.2) is 26.9 Å². The van der Waals surface area contributed by atoms with Crippen molar-refractivity contribution >= 4 is 7.75 Å². The van der Waals surface area contributed by atoms with E-state index in [0.717, 1.165) is 7.05 Å². The molecule has 0 spiro atoms. The van der Waals surface area contributed by atoms with Crippen LogP contribution in [0.2, 0.25) is 0 Å². The summed E-state index contributed by atoms with van der Waals surface area (Å²) in [5.41, 5.74) is 0. The van der Waals surface area contributed by atoms with E-state index in [1.807, 2.05) is 0 Å². The molecule has 6 heteroatoms. The predicted octanol–water partition coefficient (Wildman–Crippen LogP) is -0.600. The second-order valence-corrected chi connectivity index (χ2v) is 2.61. The van der Waals surface area contributed by atoms with Crippen LogP contribution >= 0.6 is 7.75 Å². The first kappa shape index (κ1) is 7.07. The number of hydroxylamine groups is 1. The molecule has 0 aliphatic carbocycles. The Balaban J connectivity index is 3.80. The fourth-order valence-electron chi connectivity index (χ4n) is 0. The number of hydrogen-bond acceptors (Lipinski definition) is 2. The smallest absolute Gasteiger partial charge is 0.311 e. The lowest BCUT2D eigenvalue weighted by molar-refractivity contribution is -0.000876. The fourth-order valence-corrected chi connectivity index (χ4v) is 0. The largest absolute Gasteiger partial charge is 0.425 e. The van der Waals surface area contributed by atoms with Crippen LogP contribution in [0.4, 0.5) is 0 Å². The van der Waals surface area contributed by atoms with Crippen LogP contribution in [0.5, 0.6) is 0 Å². The molecule has 0 fully saturated rings. The Morgan fingerprint density at radius 2 is 1.71 bits per heavy atom. The molecule has 0 aromatic heterocycles. The molecule has 0 aromatic carbocycles. The van der Waals surface area contributed by atoms with E-state index in [1.54, 1.807) is 0 Å². The molecule has 0 saturated heterocycles. The monoisotopic (exact) mass is 127 g/mol. The van der Waals surface area contributed by atoms with Crippen molar-refractivity contribution in [1.29, 1.82) is 0 Å². The Bertz CT molecular complexity index is 93.9. The normalized spacial score (nSPS) is 12.7. The molecule has 0 rings (SSSR count). The average molecular weight is 127 g/mol. The summed E-state index contributed by atoms with van der Waals surface area (Å²) in [7, 11) is -3.47. The minimum atomic E-state index is -4.35.